The van der Waals surface area contributed by atoms with Gasteiger partial charge in [0.05, 0.1) is 6.04 Å². The van der Waals surface area contributed by atoms with Gasteiger partial charge in [0.15, 0.2) is 0 Å². The Morgan fingerprint density at radius 2 is 1.58 bits per heavy atom. The first-order valence-corrected chi connectivity index (χ1v) is 10.7. The highest BCUT2D eigenvalue weighted by Gasteiger charge is 2.39. The van der Waals surface area contributed by atoms with Gasteiger partial charge in [-0.2, -0.15) is 0 Å². The number of carbonyl (C=O) groups is 3. The first-order valence-electron chi connectivity index (χ1n) is 10.7. The summed E-state index contributed by atoms with van der Waals surface area (Å²) in [7, 11) is 0. The number of nitrogens with two attached hydrogens (primary N) is 1. The molecule has 1 saturated heterocycles. The highest BCUT2D eigenvalue weighted by Crippen LogP contribution is 2.21. The number of rotatable bonds is 5. The number of benzene rings is 2. The lowest BCUT2D eigenvalue weighted by molar-refractivity contribution is -0.124. The van der Waals surface area contributed by atoms with E-state index in [4.69, 9.17) is 5.73 Å². The number of hydrogen-bond acceptors (Lipinski definition) is 4. The zero-order chi connectivity index (χ0) is 23.4. The van der Waals surface area contributed by atoms with Gasteiger partial charge in [-0.3, -0.25) is 23.7 Å². The fourth-order valence-corrected chi connectivity index (χ4v) is 4.14. The lowest BCUT2D eigenvalue weighted by atomic mass is 9.94. The van der Waals surface area contributed by atoms with Crippen molar-refractivity contribution >= 4 is 17.7 Å². The third-order valence-electron chi connectivity index (χ3n) is 5.75. The van der Waals surface area contributed by atoms with Crippen LogP contribution < -0.4 is 16.6 Å². The molecule has 4 rings (SSSR count). The van der Waals surface area contributed by atoms with E-state index >= 15 is 0 Å². The zero-order valence-corrected chi connectivity index (χ0v) is 17.9. The molecule has 2 heterocycles. The highest BCUT2D eigenvalue weighted by atomic mass is 16.2. The Kier molecular flexibility index (Phi) is 6.35. The lowest BCUT2D eigenvalue weighted by Crippen LogP contribution is -2.62. The van der Waals surface area contributed by atoms with E-state index in [0.29, 0.717) is 36.2 Å². The molecule has 1 aliphatic heterocycles. The summed E-state index contributed by atoms with van der Waals surface area (Å²) < 4.78 is 1.47. The van der Waals surface area contributed by atoms with Crippen molar-refractivity contribution in [2.75, 3.05) is 6.54 Å². The number of nitrogens with one attached hydrogen (secondary N) is 1. The fraction of sp³-hybridized carbons (Fsp3) is 0.200. The van der Waals surface area contributed by atoms with Crippen LogP contribution in [0.3, 0.4) is 0 Å². The molecular formula is C25H24N4O4. The lowest BCUT2D eigenvalue weighted by Gasteiger charge is -2.39. The average molecular weight is 444 g/mol. The van der Waals surface area contributed by atoms with Crippen LogP contribution in [-0.2, 0) is 4.79 Å². The molecule has 0 radical (unpaired) electrons. The largest absolute Gasteiger partial charge is 0.368 e. The summed E-state index contributed by atoms with van der Waals surface area (Å²) in [5.74, 6) is -1.34. The Morgan fingerprint density at radius 1 is 0.879 bits per heavy atom. The number of primary amides is 1. The van der Waals surface area contributed by atoms with Crippen molar-refractivity contribution < 1.29 is 14.4 Å². The van der Waals surface area contributed by atoms with Gasteiger partial charge in [0.1, 0.15) is 6.04 Å². The van der Waals surface area contributed by atoms with Crippen molar-refractivity contribution in [1.82, 2.24) is 14.8 Å². The quantitative estimate of drug-likeness (QED) is 0.624. The van der Waals surface area contributed by atoms with Crippen LogP contribution in [0.4, 0.5) is 0 Å². The number of likely N-dealkylation sites (tertiary alicyclic amines) is 1. The third-order valence-corrected chi connectivity index (χ3v) is 5.75. The molecule has 2 atom stereocenters. The Bertz CT molecular complexity index is 1220. The maximum atomic E-state index is 13.0. The van der Waals surface area contributed by atoms with Gasteiger partial charge in [0, 0.05) is 35.6 Å². The molecule has 2 unspecified atom stereocenters. The normalized spacial score (nSPS) is 17.9. The van der Waals surface area contributed by atoms with Gasteiger partial charge in [-0.1, -0.05) is 24.3 Å². The topological polar surface area (TPSA) is 114 Å². The molecule has 1 aromatic heterocycles. The number of nitrogens with zero attached hydrogens (tertiary/aromatic N) is 2. The molecule has 2 aromatic carbocycles. The molecule has 0 spiro atoms. The van der Waals surface area contributed by atoms with Crippen molar-refractivity contribution in [3.8, 4) is 5.69 Å². The average Bonchev–Trinajstić information content (AvgIpc) is 2.84. The van der Waals surface area contributed by atoms with Gasteiger partial charge in [-0.05, 0) is 55.3 Å². The minimum Gasteiger partial charge on any atom is -0.368 e. The standard InChI is InChI=1S/C25H24N4O4/c26-23(31)22-20(9-6-16-29(22)25(33)18-7-2-1-3-8-18)27-24(32)17-11-13-19(14-12-17)28-15-5-4-10-21(28)30/h1-5,7-8,10-15,20,22H,6,9,16H2,(H2,26,31)(H,27,32). The van der Waals surface area contributed by atoms with Crippen molar-refractivity contribution in [3.63, 3.8) is 0 Å². The summed E-state index contributed by atoms with van der Waals surface area (Å²) in [6.07, 6.45) is 2.80. The molecule has 3 amide bonds. The van der Waals surface area contributed by atoms with E-state index in [-0.39, 0.29) is 17.4 Å². The van der Waals surface area contributed by atoms with Crippen LogP contribution in [0.15, 0.2) is 83.8 Å². The second-order valence-electron chi connectivity index (χ2n) is 7.89. The predicted octanol–water partition coefficient (Wildman–Crippen LogP) is 1.73. The van der Waals surface area contributed by atoms with Crippen LogP contribution in [-0.4, -0.2) is 45.8 Å². The summed E-state index contributed by atoms with van der Waals surface area (Å²) in [4.78, 5) is 51.6. The summed E-state index contributed by atoms with van der Waals surface area (Å²) >= 11 is 0. The smallest absolute Gasteiger partial charge is 0.255 e. The van der Waals surface area contributed by atoms with E-state index in [1.807, 2.05) is 0 Å². The van der Waals surface area contributed by atoms with Crippen LogP contribution in [0.2, 0.25) is 0 Å². The minimum atomic E-state index is -0.947. The molecule has 1 fully saturated rings. The number of aromatic nitrogens is 1. The highest BCUT2D eigenvalue weighted by molar-refractivity contribution is 5.99. The Labute approximate surface area is 190 Å². The maximum absolute atomic E-state index is 13.0. The number of hydrogen-bond donors (Lipinski definition) is 2. The minimum absolute atomic E-state index is 0.176. The van der Waals surface area contributed by atoms with E-state index in [0.717, 1.165) is 0 Å². The molecule has 33 heavy (non-hydrogen) atoms. The van der Waals surface area contributed by atoms with Crippen LogP contribution >= 0.6 is 0 Å². The Morgan fingerprint density at radius 3 is 2.24 bits per heavy atom. The molecule has 0 aliphatic carbocycles. The molecule has 8 nitrogen and oxygen atoms in total. The van der Waals surface area contributed by atoms with E-state index in [2.05, 4.69) is 5.32 Å². The third kappa shape index (κ3) is 4.69. The first kappa shape index (κ1) is 22.0. The molecule has 0 bridgehead atoms. The van der Waals surface area contributed by atoms with E-state index in [1.54, 1.807) is 72.9 Å². The van der Waals surface area contributed by atoms with E-state index in [9.17, 15) is 19.2 Å². The van der Waals surface area contributed by atoms with Crippen LogP contribution in [0.1, 0.15) is 33.6 Å². The molecule has 168 valence electrons. The molecule has 1 aliphatic rings. The first-order chi connectivity index (χ1) is 16.0. The molecule has 3 N–H and O–H groups in total. The van der Waals surface area contributed by atoms with E-state index < -0.39 is 18.0 Å². The van der Waals surface area contributed by atoms with Crippen LogP contribution in [0.5, 0.6) is 0 Å². The molecule has 8 heteroatoms. The summed E-state index contributed by atoms with van der Waals surface area (Å²) in [5.41, 5.74) is 6.95. The second kappa shape index (κ2) is 9.52. The molecule has 0 saturated carbocycles. The van der Waals surface area contributed by atoms with Gasteiger partial charge < -0.3 is 16.0 Å². The summed E-state index contributed by atoms with van der Waals surface area (Å²) in [6, 6.07) is 18.6. The van der Waals surface area contributed by atoms with Gasteiger partial charge in [0.25, 0.3) is 17.4 Å². The van der Waals surface area contributed by atoms with E-state index in [1.165, 1.54) is 15.5 Å². The predicted molar refractivity (Wildman–Crippen MR) is 123 cm³/mol. The maximum Gasteiger partial charge on any atom is 0.255 e. The summed E-state index contributed by atoms with van der Waals surface area (Å²) in [6.45, 7) is 0.383. The van der Waals surface area contributed by atoms with Gasteiger partial charge >= 0.3 is 0 Å². The molecular weight excluding hydrogens is 420 g/mol. The fourth-order valence-electron chi connectivity index (χ4n) is 4.14. The van der Waals surface area contributed by atoms with Crippen LogP contribution in [0, 0.1) is 0 Å². The Balaban J connectivity index is 1.51. The number of amides is 3. The van der Waals surface area contributed by atoms with Crippen molar-refractivity contribution in [1.29, 1.82) is 0 Å². The van der Waals surface area contributed by atoms with Crippen molar-refractivity contribution in [2.24, 2.45) is 5.73 Å². The monoisotopic (exact) mass is 444 g/mol. The van der Waals surface area contributed by atoms with Gasteiger partial charge in [0.2, 0.25) is 5.91 Å². The number of pyridine rings is 1. The second-order valence-corrected chi connectivity index (χ2v) is 7.89. The van der Waals surface area contributed by atoms with Gasteiger partial charge in [-0.15, -0.1) is 0 Å². The zero-order valence-electron chi connectivity index (χ0n) is 17.9. The summed E-state index contributed by atoms with van der Waals surface area (Å²) in [5, 5.41) is 2.87. The van der Waals surface area contributed by atoms with Crippen LogP contribution in [0.25, 0.3) is 5.69 Å². The number of carbonyl (C=O) groups excluding carboxylic acids is 3. The SMILES string of the molecule is NC(=O)C1C(NC(=O)c2ccc(-n3ccccc3=O)cc2)CCCN1C(=O)c1ccccc1. The number of piperidine rings is 1. The molecule has 3 aromatic rings. The van der Waals surface area contributed by atoms with Crippen molar-refractivity contribution in [2.45, 2.75) is 24.9 Å². The van der Waals surface area contributed by atoms with Gasteiger partial charge in [-0.25, -0.2) is 0 Å². The Hall–Kier alpha value is -4.20. The van der Waals surface area contributed by atoms with Crippen molar-refractivity contribution in [3.05, 3.63) is 100 Å².